The molecule has 0 atom stereocenters. The topological polar surface area (TPSA) is 40.0 Å². The lowest BCUT2D eigenvalue weighted by Crippen LogP contribution is -2.24. The van der Waals surface area contributed by atoms with Gasteiger partial charge in [-0.05, 0) is 25.3 Å². The van der Waals surface area contributed by atoms with Gasteiger partial charge in [0.15, 0.2) is 11.5 Å². The number of nitrogens with zero attached hydrogens (tertiary/aromatic N) is 1. The molecule has 0 saturated carbocycles. The van der Waals surface area contributed by atoms with Gasteiger partial charge in [0.05, 0.1) is 16.7 Å². The van der Waals surface area contributed by atoms with Gasteiger partial charge in [-0.15, -0.1) is 0 Å². The number of halogens is 7. The molecule has 2 rings (SSSR count). The molecule has 0 saturated heterocycles. The first-order valence-electron chi connectivity index (χ1n) is 9.77. The molecule has 2 aromatic rings. The van der Waals surface area contributed by atoms with Crippen LogP contribution in [0.15, 0.2) is 58.2 Å². The Morgan fingerprint density at radius 1 is 0.909 bits per heavy atom. The van der Waals surface area contributed by atoms with Gasteiger partial charge >= 0.3 is 6.18 Å². The van der Waals surface area contributed by atoms with Crippen molar-refractivity contribution in [3.8, 4) is 11.5 Å². The summed E-state index contributed by atoms with van der Waals surface area (Å²) < 4.78 is 50.6. The molecule has 4 nitrogen and oxygen atoms in total. The second-order valence-corrected chi connectivity index (χ2v) is 8.39. The summed E-state index contributed by atoms with van der Waals surface area (Å²) in [7, 11) is 0. The SMILES string of the molecule is FC(F)(F)C(=NOCCCCCOc1c(Cl)cc(OCC=C(Cl)Cl)cc1Cl)c1ccccc1. The molecule has 180 valence electrons. The van der Waals surface area contributed by atoms with Crippen molar-refractivity contribution in [2.24, 2.45) is 5.16 Å². The molecule has 0 aliphatic heterocycles. The Morgan fingerprint density at radius 2 is 1.55 bits per heavy atom. The van der Waals surface area contributed by atoms with Crippen LogP contribution >= 0.6 is 46.4 Å². The Morgan fingerprint density at radius 3 is 2.15 bits per heavy atom. The molecule has 0 aliphatic rings. The van der Waals surface area contributed by atoms with Crippen LogP contribution < -0.4 is 9.47 Å². The van der Waals surface area contributed by atoms with Crippen molar-refractivity contribution in [2.75, 3.05) is 19.8 Å². The molecule has 11 heteroatoms. The largest absolute Gasteiger partial charge is 0.490 e. The maximum atomic E-state index is 13.2. The quantitative estimate of drug-likeness (QED) is 0.153. The summed E-state index contributed by atoms with van der Waals surface area (Å²) in [5.41, 5.74) is -1.12. The number of rotatable bonds is 12. The molecule has 2 aromatic carbocycles. The summed E-state index contributed by atoms with van der Waals surface area (Å²) >= 11 is 23.4. The number of hydrogen-bond acceptors (Lipinski definition) is 4. The van der Waals surface area contributed by atoms with Gasteiger partial charge in [0.25, 0.3) is 0 Å². The predicted octanol–water partition coefficient (Wildman–Crippen LogP) is 8.22. The zero-order valence-corrected chi connectivity index (χ0v) is 20.2. The predicted molar refractivity (Wildman–Crippen MR) is 126 cm³/mol. The van der Waals surface area contributed by atoms with E-state index >= 15 is 0 Å². The fourth-order valence-corrected chi connectivity index (χ4v) is 3.25. The Balaban J connectivity index is 1.74. The lowest BCUT2D eigenvalue weighted by molar-refractivity contribution is -0.0615. The van der Waals surface area contributed by atoms with Crippen LogP contribution in [0.3, 0.4) is 0 Å². The molecular formula is C22H20Cl4F3NO3. The fourth-order valence-electron chi connectivity index (χ4n) is 2.55. The van der Waals surface area contributed by atoms with Gasteiger partial charge in [-0.25, -0.2) is 0 Å². The molecule has 0 unspecified atom stereocenters. The van der Waals surface area contributed by atoms with E-state index in [1.165, 1.54) is 30.3 Å². The van der Waals surface area contributed by atoms with Crippen molar-refractivity contribution in [1.82, 2.24) is 0 Å². The number of hydrogen-bond donors (Lipinski definition) is 0. The lowest BCUT2D eigenvalue weighted by Gasteiger charge is -2.12. The average Bonchev–Trinajstić information content (AvgIpc) is 2.73. The summed E-state index contributed by atoms with van der Waals surface area (Å²) in [5, 5.41) is 3.84. The van der Waals surface area contributed by atoms with Crippen molar-refractivity contribution >= 4 is 52.1 Å². The third-order valence-electron chi connectivity index (χ3n) is 4.06. The van der Waals surface area contributed by atoms with Gasteiger partial charge in [-0.3, -0.25) is 0 Å². The fraction of sp³-hybridized carbons (Fsp3) is 0.318. The second-order valence-electron chi connectivity index (χ2n) is 6.57. The van der Waals surface area contributed by atoms with Gasteiger partial charge in [0.2, 0.25) is 0 Å². The van der Waals surface area contributed by atoms with Crippen LogP contribution in [0.2, 0.25) is 10.0 Å². The van der Waals surface area contributed by atoms with Crippen LogP contribution in [0.4, 0.5) is 13.2 Å². The number of oxime groups is 1. The summed E-state index contributed by atoms with van der Waals surface area (Å²) in [6.07, 6.45) is -1.39. The van der Waals surface area contributed by atoms with Gasteiger partial charge in [-0.2, -0.15) is 13.2 Å². The second kappa shape index (κ2) is 13.8. The van der Waals surface area contributed by atoms with Gasteiger partial charge in [0.1, 0.15) is 23.5 Å². The van der Waals surface area contributed by atoms with Crippen molar-refractivity contribution in [1.29, 1.82) is 0 Å². The van der Waals surface area contributed by atoms with Gasteiger partial charge < -0.3 is 14.3 Å². The minimum atomic E-state index is -4.61. The molecule has 0 aromatic heterocycles. The summed E-state index contributed by atoms with van der Waals surface area (Å²) in [5.74, 6) is 0.741. The van der Waals surface area contributed by atoms with Crippen molar-refractivity contribution in [3.63, 3.8) is 0 Å². The highest BCUT2D eigenvalue weighted by molar-refractivity contribution is 6.55. The zero-order valence-electron chi connectivity index (χ0n) is 17.2. The van der Waals surface area contributed by atoms with E-state index < -0.39 is 11.9 Å². The van der Waals surface area contributed by atoms with Crippen molar-refractivity contribution in [2.45, 2.75) is 25.4 Å². The Hall–Kier alpha value is -1.80. The summed E-state index contributed by atoms with van der Waals surface area (Å²) in [6, 6.07) is 10.4. The Labute approximate surface area is 209 Å². The first-order valence-corrected chi connectivity index (χ1v) is 11.3. The van der Waals surface area contributed by atoms with Gasteiger partial charge in [0, 0.05) is 17.7 Å². The highest BCUT2D eigenvalue weighted by Gasteiger charge is 2.37. The van der Waals surface area contributed by atoms with E-state index in [1.54, 1.807) is 18.2 Å². The number of unbranched alkanes of at least 4 members (excludes halogenated alkanes) is 2. The summed E-state index contributed by atoms with van der Waals surface area (Å²) in [4.78, 5) is 4.89. The maximum Gasteiger partial charge on any atom is 0.437 e. The Bertz CT molecular complexity index is 927. The van der Waals surface area contributed by atoms with E-state index in [2.05, 4.69) is 5.16 Å². The molecular weight excluding hydrogens is 525 g/mol. The van der Waals surface area contributed by atoms with Crippen molar-refractivity contribution in [3.05, 3.63) is 68.6 Å². The van der Waals surface area contributed by atoms with E-state index in [0.717, 1.165) is 0 Å². The molecule has 0 bridgehead atoms. The zero-order chi connectivity index (χ0) is 24.3. The van der Waals surface area contributed by atoms with E-state index in [1.807, 2.05) is 0 Å². The van der Waals surface area contributed by atoms with Crippen LogP contribution in [0.5, 0.6) is 11.5 Å². The minimum absolute atomic E-state index is 0.0424. The van der Waals surface area contributed by atoms with Crippen LogP contribution in [-0.4, -0.2) is 31.7 Å². The highest BCUT2D eigenvalue weighted by atomic mass is 35.5. The molecule has 0 radical (unpaired) electrons. The van der Waals surface area contributed by atoms with Crippen molar-refractivity contribution < 1.29 is 27.5 Å². The number of benzene rings is 2. The summed E-state index contributed by atoms with van der Waals surface area (Å²) in [6.45, 7) is 0.503. The van der Waals surface area contributed by atoms with E-state index in [-0.39, 0.29) is 33.3 Å². The van der Waals surface area contributed by atoms with E-state index in [0.29, 0.717) is 37.4 Å². The molecule has 0 N–H and O–H groups in total. The third kappa shape index (κ3) is 9.92. The molecule has 0 amide bonds. The standard InChI is InChI=1S/C22H20Cl4F3NO3/c23-17-13-16(31-12-9-19(25)26)14-18(24)20(17)32-10-5-2-6-11-33-30-21(22(27,28)29)15-7-3-1-4-8-15/h1,3-4,7-9,13-14H,2,5-6,10-12H2. The monoisotopic (exact) mass is 543 g/mol. The highest BCUT2D eigenvalue weighted by Crippen LogP contribution is 2.37. The van der Waals surface area contributed by atoms with Crippen LogP contribution in [0.25, 0.3) is 0 Å². The smallest absolute Gasteiger partial charge is 0.437 e. The minimum Gasteiger partial charge on any atom is -0.490 e. The van der Waals surface area contributed by atoms with E-state index in [9.17, 15) is 13.2 Å². The third-order valence-corrected chi connectivity index (χ3v) is 4.93. The lowest BCUT2D eigenvalue weighted by atomic mass is 10.1. The molecule has 33 heavy (non-hydrogen) atoms. The van der Waals surface area contributed by atoms with Crippen LogP contribution in [0.1, 0.15) is 24.8 Å². The van der Waals surface area contributed by atoms with Gasteiger partial charge in [-0.1, -0.05) is 81.9 Å². The van der Waals surface area contributed by atoms with Crippen LogP contribution in [0, 0.1) is 0 Å². The maximum absolute atomic E-state index is 13.2. The normalized spacial score (nSPS) is 11.8. The molecule has 0 fully saturated rings. The average molecular weight is 545 g/mol. The Kier molecular flexibility index (Phi) is 11.5. The number of ether oxygens (including phenoxy) is 2. The first-order chi connectivity index (χ1) is 15.7. The number of alkyl halides is 3. The molecule has 0 spiro atoms. The van der Waals surface area contributed by atoms with E-state index in [4.69, 9.17) is 60.7 Å². The van der Waals surface area contributed by atoms with Crippen LogP contribution in [-0.2, 0) is 4.84 Å². The molecule has 0 heterocycles. The first kappa shape index (κ1) is 27.4. The molecule has 0 aliphatic carbocycles.